The van der Waals surface area contributed by atoms with Gasteiger partial charge in [-0.25, -0.2) is 0 Å². The average molecular weight is 302 g/mol. The molecule has 9 heavy (non-hydrogen) atoms. The zero-order valence-electron chi connectivity index (χ0n) is 5.89. The van der Waals surface area contributed by atoms with Gasteiger partial charge in [0, 0.05) is 0 Å². The van der Waals surface area contributed by atoms with Crippen LogP contribution in [0.25, 0.3) is 0 Å². The third-order valence-electron chi connectivity index (χ3n) is 0. The van der Waals surface area contributed by atoms with Crippen molar-refractivity contribution in [3.8, 4) is 0 Å². The number of hydrogen-bond acceptors (Lipinski definition) is 2. The van der Waals surface area contributed by atoms with Crippen LogP contribution in [-0.2, 0) is 15.9 Å². The second kappa shape index (κ2) is 32.5. The SMILES string of the molecule is CSC.CSC.[Cl][Pd][Cl]. The van der Waals surface area contributed by atoms with E-state index in [0.29, 0.717) is 0 Å². The predicted molar refractivity (Wildman–Crippen MR) is 50.6 cm³/mol. The summed E-state index contributed by atoms with van der Waals surface area (Å²) < 4.78 is 0. The van der Waals surface area contributed by atoms with Crippen LogP contribution in [0.15, 0.2) is 0 Å². The summed E-state index contributed by atoms with van der Waals surface area (Å²) in [7, 11) is 9.63. The molecule has 0 aromatic rings. The minimum absolute atomic E-state index is 0.106. The third kappa shape index (κ3) is 166. The Morgan fingerprint density at radius 3 is 0.889 bits per heavy atom. The molecule has 0 aliphatic rings. The standard InChI is InChI=1S/2C2H6S.2ClH.Pd/c2*1-3-2;;;/h2*1-2H3;2*1H;/q;;;;+2/p-2. The Kier molecular flexibility index (Phi) is 62.0. The first-order chi connectivity index (χ1) is 4.24. The zero-order chi connectivity index (χ0) is 8.12. The van der Waals surface area contributed by atoms with Gasteiger partial charge in [-0.05, 0) is 25.0 Å². The molecule has 0 aromatic carbocycles. The summed E-state index contributed by atoms with van der Waals surface area (Å²) in [5.74, 6) is 0. The number of thioether (sulfide) groups is 2. The van der Waals surface area contributed by atoms with Gasteiger partial charge in [0.1, 0.15) is 0 Å². The van der Waals surface area contributed by atoms with Crippen LogP contribution in [0.5, 0.6) is 0 Å². The summed E-state index contributed by atoms with van der Waals surface area (Å²) in [6.07, 6.45) is 8.17. The fourth-order valence-corrected chi connectivity index (χ4v) is 0. The average Bonchev–Trinajstić information content (AvgIpc) is 1.70. The van der Waals surface area contributed by atoms with Gasteiger partial charge in [0.05, 0.1) is 0 Å². The molecule has 0 atom stereocenters. The topological polar surface area (TPSA) is 0 Å². The molecule has 0 nitrogen and oxygen atoms in total. The van der Waals surface area contributed by atoms with Crippen molar-refractivity contribution in [3.05, 3.63) is 0 Å². The molecular formula is C4H12Cl2PdS2. The van der Waals surface area contributed by atoms with E-state index in [0.717, 1.165) is 0 Å². The van der Waals surface area contributed by atoms with E-state index >= 15 is 0 Å². The fourth-order valence-electron chi connectivity index (χ4n) is 0. The van der Waals surface area contributed by atoms with Gasteiger partial charge in [-0.2, -0.15) is 23.5 Å². The van der Waals surface area contributed by atoms with Crippen LogP contribution in [0.4, 0.5) is 0 Å². The van der Waals surface area contributed by atoms with Crippen LogP contribution >= 0.6 is 42.6 Å². The van der Waals surface area contributed by atoms with Gasteiger partial charge in [0.15, 0.2) is 0 Å². The van der Waals surface area contributed by atoms with Gasteiger partial charge in [0.25, 0.3) is 0 Å². The molecular weight excluding hydrogens is 290 g/mol. The van der Waals surface area contributed by atoms with E-state index in [1.165, 1.54) is 0 Å². The first kappa shape index (κ1) is 17.1. The maximum atomic E-state index is 4.81. The van der Waals surface area contributed by atoms with Gasteiger partial charge in [-0.1, -0.05) is 0 Å². The van der Waals surface area contributed by atoms with Gasteiger partial charge in [-0.15, -0.1) is 0 Å². The molecule has 0 aromatic heterocycles. The van der Waals surface area contributed by atoms with Gasteiger partial charge < -0.3 is 0 Å². The summed E-state index contributed by atoms with van der Waals surface area (Å²) in [6, 6.07) is 0. The Bertz CT molecular complexity index is 21.3. The molecule has 0 N–H and O–H groups in total. The Hall–Kier alpha value is 1.94. The van der Waals surface area contributed by atoms with E-state index in [1.807, 2.05) is 25.0 Å². The van der Waals surface area contributed by atoms with Crippen LogP contribution < -0.4 is 0 Å². The molecule has 0 bridgehead atoms. The number of hydrogen-bond donors (Lipinski definition) is 0. The second-order valence-corrected chi connectivity index (χ2v) is 4.85. The van der Waals surface area contributed by atoms with Crippen LogP contribution in [0.3, 0.4) is 0 Å². The summed E-state index contributed by atoms with van der Waals surface area (Å²) in [5.41, 5.74) is 0. The van der Waals surface area contributed by atoms with E-state index in [9.17, 15) is 0 Å². The Morgan fingerprint density at radius 1 is 0.889 bits per heavy atom. The first-order valence-corrected chi connectivity index (χ1v) is 9.14. The number of halogens is 2. The van der Waals surface area contributed by atoms with Gasteiger partial charge >= 0.3 is 35.0 Å². The van der Waals surface area contributed by atoms with Crippen molar-refractivity contribution < 1.29 is 15.9 Å². The number of rotatable bonds is 0. The summed E-state index contributed by atoms with van der Waals surface area (Å²) in [5, 5.41) is 0. The van der Waals surface area contributed by atoms with E-state index in [1.54, 1.807) is 23.5 Å². The molecule has 0 radical (unpaired) electrons. The van der Waals surface area contributed by atoms with Crippen LogP contribution in [0.2, 0.25) is 0 Å². The van der Waals surface area contributed by atoms with Crippen molar-refractivity contribution in [2.75, 3.05) is 25.0 Å². The monoisotopic (exact) mass is 300 g/mol. The molecule has 0 aliphatic heterocycles. The molecule has 0 rings (SSSR count). The Morgan fingerprint density at radius 2 is 0.889 bits per heavy atom. The molecule has 0 amide bonds. The summed E-state index contributed by atoms with van der Waals surface area (Å²) >= 11 is 3.39. The minimum atomic E-state index is -0.106. The molecule has 0 saturated heterocycles. The maximum absolute atomic E-state index is 4.81. The molecule has 5 heteroatoms. The zero-order valence-corrected chi connectivity index (χ0v) is 10.6. The normalized spacial score (nSPS) is 6.44. The van der Waals surface area contributed by atoms with Crippen molar-refractivity contribution in [3.63, 3.8) is 0 Å². The molecule has 0 unspecified atom stereocenters. The molecule has 64 valence electrons. The van der Waals surface area contributed by atoms with Crippen molar-refractivity contribution in [1.29, 1.82) is 0 Å². The van der Waals surface area contributed by atoms with E-state index in [-0.39, 0.29) is 15.9 Å². The van der Waals surface area contributed by atoms with Crippen LogP contribution in [0, 0.1) is 0 Å². The van der Waals surface area contributed by atoms with Gasteiger partial charge in [0.2, 0.25) is 0 Å². The second-order valence-electron chi connectivity index (χ2n) is 0.862. The third-order valence-corrected chi connectivity index (χ3v) is 0. The van der Waals surface area contributed by atoms with Crippen LogP contribution in [0.1, 0.15) is 0 Å². The van der Waals surface area contributed by atoms with Gasteiger partial charge in [-0.3, -0.25) is 0 Å². The molecule has 0 heterocycles. The van der Waals surface area contributed by atoms with Crippen molar-refractivity contribution in [1.82, 2.24) is 0 Å². The Labute approximate surface area is 82.9 Å². The molecule has 0 saturated carbocycles. The van der Waals surface area contributed by atoms with E-state index in [4.69, 9.17) is 19.1 Å². The summed E-state index contributed by atoms with van der Waals surface area (Å²) in [4.78, 5) is 0. The summed E-state index contributed by atoms with van der Waals surface area (Å²) in [6.45, 7) is 0. The van der Waals surface area contributed by atoms with Crippen molar-refractivity contribution in [2.45, 2.75) is 0 Å². The van der Waals surface area contributed by atoms with Crippen molar-refractivity contribution in [2.24, 2.45) is 0 Å². The molecule has 0 fully saturated rings. The molecule has 0 aliphatic carbocycles. The van der Waals surface area contributed by atoms with Crippen LogP contribution in [-0.4, -0.2) is 25.0 Å². The molecule has 0 spiro atoms. The first-order valence-electron chi connectivity index (χ1n) is 1.87. The van der Waals surface area contributed by atoms with Crippen molar-refractivity contribution >= 4 is 42.6 Å². The quantitative estimate of drug-likeness (QED) is 0.630. The van der Waals surface area contributed by atoms with E-state index < -0.39 is 0 Å². The fraction of sp³-hybridized carbons (Fsp3) is 1.00. The van der Waals surface area contributed by atoms with E-state index in [2.05, 4.69) is 0 Å². The Balaban J connectivity index is -0.0000000600. The predicted octanol–water partition coefficient (Wildman–Crippen LogP) is 3.33.